The van der Waals surface area contributed by atoms with Gasteiger partial charge in [-0.15, -0.1) is 0 Å². The highest BCUT2D eigenvalue weighted by atomic mass is 16.5. The van der Waals surface area contributed by atoms with E-state index in [4.69, 9.17) is 4.74 Å². The molecule has 1 saturated heterocycles. The molecule has 2 heterocycles. The van der Waals surface area contributed by atoms with Gasteiger partial charge in [-0.2, -0.15) is 4.98 Å². The highest BCUT2D eigenvalue weighted by Gasteiger charge is 2.14. The smallest absolute Gasteiger partial charge is 0.226 e. The Labute approximate surface area is 95.6 Å². The maximum absolute atomic E-state index is 5.12. The summed E-state index contributed by atoms with van der Waals surface area (Å²) in [4.78, 5) is 8.63. The van der Waals surface area contributed by atoms with Crippen LogP contribution >= 0.6 is 0 Å². The van der Waals surface area contributed by atoms with Gasteiger partial charge in [0, 0.05) is 17.8 Å². The van der Waals surface area contributed by atoms with Crippen LogP contribution in [0.5, 0.6) is 5.88 Å². The van der Waals surface area contributed by atoms with Gasteiger partial charge in [-0.25, -0.2) is 4.98 Å². The molecule has 2 N–H and O–H groups in total. The molecule has 0 aromatic carbocycles. The van der Waals surface area contributed by atoms with Gasteiger partial charge in [-0.1, -0.05) is 0 Å². The normalized spacial score (nSPS) is 17.1. The maximum Gasteiger partial charge on any atom is 0.226 e. The number of hydrogen-bond acceptors (Lipinski definition) is 5. The van der Waals surface area contributed by atoms with Crippen LogP contribution in [0.2, 0.25) is 0 Å². The van der Waals surface area contributed by atoms with Gasteiger partial charge in [0.1, 0.15) is 0 Å². The zero-order valence-electron chi connectivity index (χ0n) is 9.79. The molecule has 1 aliphatic heterocycles. The van der Waals surface area contributed by atoms with Gasteiger partial charge in [0.15, 0.2) is 0 Å². The topological polar surface area (TPSA) is 59.1 Å². The summed E-state index contributed by atoms with van der Waals surface area (Å²) in [6, 6.07) is 2.29. The fraction of sp³-hybridized carbons (Fsp3) is 0.636. The van der Waals surface area contributed by atoms with Gasteiger partial charge >= 0.3 is 0 Å². The second-order valence-electron chi connectivity index (χ2n) is 4.04. The summed E-state index contributed by atoms with van der Waals surface area (Å²) < 4.78 is 5.12. The van der Waals surface area contributed by atoms with Crippen molar-refractivity contribution >= 4 is 5.95 Å². The van der Waals surface area contributed by atoms with Gasteiger partial charge in [0.05, 0.1) is 7.11 Å². The van der Waals surface area contributed by atoms with Crippen molar-refractivity contribution in [3.05, 3.63) is 11.8 Å². The van der Waals surface area contributed by atoms with E-state index in [2.05, 4.69) is 20.6 Å². The largest absolute Gasteiger partial charge is 0.481 e. The number of ether oxygens (including phenoxy) is 1. The first kappa shape index (κ1) is 11.1. The summed E-state index contributed by atoms with van der Waals surface area (Å²) in [5.74, 6) is 1.28. The number of piperidine rings is 1. The predicted molar refractivity (Wildman–Crippen MR) is 62.8 cm³/mol. The van der Waals surface area contributed by atoms with E-state index in [-0.39, 0.29) is 0 Å². The van der Waals surface area contributed by atoms with Crippen molar-refractivity contribution in [2.75, 3.05) is 25.5 Å². The molecule has 1 fully saturated rings. The maximum atomic E-state index is 5.12. The zero-order chi connectivity index (χ0) is 11.4. The van der Waals surface area contributed by atoms with Gasteiger partial charge in [0.2, 0.25) is 11.8 Å². The molecule has 1 aromatic heterocycles. The molecule has 0 saturated carbocycles. The lowest BCUT2D eigenvalue weighted by Crippen LogP contribution is -2.35. The Morgan fingerprint density at radius 2 is 2.12 bits per heavy atom. The van der Waals surface area contributed by atoms with E-state index < -0.39 is 0 Å². The molecule has 0 radical (unpaired) electrons. The number of methoxy groups -OCH3 is 1. The van der Waals surface area contributed by atoms with Crippen molar-refractivity contribution in [3.8, 4) is 5.88 Å². The minimum atomic E-state index is 0.466. The van der Waals surface area contributed by atoms with Crippen LogP contribution in [0.3, 0.4) is 0 Å². The van der Waals surface area contributed by atoms with Crippen LogP contribution in [0, 0.1) is 6.92 Å². The summed E-state index contributed by atoms with van der Waals surface area (Å²) in [5, 5.41) is 6.68. The molecule has 1 aromatic rings. The lowest BCUT2D eigenvalue weighted by molar-refractivity contribution is 0.396. The molecule has 0 bridgehead atoms. The Kier molecular flexibility index (Phi) is 3.56. The molecule has 1 aliphatic rings. The van der Waals surface area contributed by atoms with Crippen LogP contribution in [0.1, 0.15) is 18.5 Å². The van der Waals surface area contributed by atoms with E-state index in [0.29, 0.717) is 17.9 Å². The number of anilines is 1. The second-order valence-corrected chi connectivity index (χ2v) is 4.04. The summed E-state index contributed by atoms with van der Waals surface area (Å²) in [6.07, 6.45) is 2.22. The van der Waals surface area contributed by atoms with Crippen molar-refractivity contribution in [1.29, 1.82) is 0 Å². The molecule has 0 spiro atoms. The molecule has 88 valence electrons. The molecule has 0 unspecified atom stereocenters. The summed E-state index contributed by atoms with van der Waals surface area (Å²) in [6.45, 7) is 4.05. The SMILES string of the molecule is COc1cc(C)nc(NC2CCNCC2)n1. The third kappa shape index (κ3) is 2.82. The average molecular weight is 222 g/mol. The van der Waals surface area contributed by atoms with Crippen molar-refractivity contribution in [1.82, 2.24) is 15.3 Å². The van der Waals surface area contributed by atoms with Gasteiger partial charge in [-0.3, -0.25) is 0 Å². The Morgan fingerprint density at radius 3 is 2.81 bits per heavy atom. The minimum absolute atomic E-state index is 0.466. The fourth-order valence-electron chi connectivity index (χ4n) is 1.86. The minimum Gasteiger partial charge on any atom is -0.481 e. The predicted octanol–water partition coefficient (Wildman–Crippen LogP) is 0.958. The lowest BCUT2D eigenvalue weighted by Gasteiger charge is -2.23. The van der Waals surface area contributed by atoms with Crippen molar-refractivity contribution in [2.45, 2.75) is 25.8 Å². The molecule has 5 nitrogen and oxygen atoms in total. The number of nitrogens with one attached hydrogen (secondary N) is 2. The van der Waals surface area contributed by atoms with Crippen LogP contribution in [0.4, 0.5) is 5.95 Å². The third-order valence-corrected chi connectivity index (χ3v) is 2.71. The molecule has 0 atom stereocenters. The molecule has 16 heavy (non-hydrogen) atoms. The van der Waals surface area contributed by atoms with Gasteiger partial charge in [0.25, 0.3) is 0 Å². The number of hydrogen-bond donors (Lipinski definition) is 2. The van der Waals surface area contributed by atoms with Crippen LogP contribution in [-0.2, 0) is 0 Å². The molecular weight excluding hydrogens is 204 g/mol. The quantitative estimate of drug-likeness (QED) is 0.797. The van der Waals surface area contributed by atoms with Crippen LogP contribution in [0.15, 0.2) is 6.07 Å². The first-order chi connectivity index (χ1) is 7.78. The number of rotatable bonds is 3. The molecule has 0 amide bonds. The lowest BCUT2D eigenvalue weighted by atomic mass is 10.1. The molecule has 0 aliphatic carbocycles. The summed E-state index contributed by atoms with van der Waals surface area (Å²) in [5.41, 5.74) is 0.920. The Bertz CT molecular complexity index is 350. The average Bonchev–Trinajstić information content (AvgIpc) is 2.29. The first-order valence-corrected chi connectivity index (χ1v) is 5.65. The second kappa shape index (κ2) is 5.12. The van der Waals surface area contributed by atoms with Crippen molar-refractivity contribution in [3.63, 3.8) is 0 Å². The van der Waals surface area contributed by atoms with Gasteiger partial charge in [-0.05, 0) is 32.9 Å². The van der Waals surface area contributed by atoms with Crippen molar-refractivity contribution in [2.24, 2.45) is 0 Å². The third-order valence-electron chi connectivity index (χ3n) is 2.71. The number of nitrogens with zero attached hydrogens (tertiary/aromatic N) is 2. The van der Waals surface area contributed by atoms with E-state index in [9.17, 15) is 0 Å². The highest BCUT2D eigenvalue weighted by molar-refractivity contribution is 5.31. The van der Waals surface area contributed by atoms with Crippen LogP contribution in [-0.4, -0.2) is 36.2 Å². The highest BCUT2D eigenvalue weighted by Crippen LogP contribution is 2.14. The Hall–Kier alpha value is -1.36. The van der Waals surface area contributed by atoms with Crippen LogP contribution < -0.4 is 15.4 Å². The van der Waals surface area contributed by atoms with Gasteiger partial charge < -0.3 is 15.4 Å². The monoisotopic (exact) mass is 222 g/mol. The standard InChI is InChI=1S/C11H18N4O/c1-8-7-10(16-2)15-11(13-8)14-9-3-5-12-6-4-9/h7,9,12H,3-6H2,1-2H3,(H,13,14,15). The molecular formula is C11H18N4O. The number of aromatic nitrogens is 2. The Morgan fingerprint density at radius 1 is 1.38 bits per heavy atom. The van der Waals surface area contributed by atoms with E-state index in [0.717, 1.165) is 31.6 Å². The molecule has 2 rings (SSSR count). The van der Waals surface area contributed by atoms with E-state index in [1.807, 2.05) is 13.0 Å². The van der Waals surface area contributed by atoms with E-state index >= 15 is 0 Å². The Balaban J connectivity index is 2.04. The zero-order valence-corrected chi connectivity index (χ0v) is 9.79. The number of aryl methyl sites for hydroxylation is 1. The summed E-state index contributed by atoms with van der Waals surface area (Å²) >= 11 is 0. The first-order valence-electron chi connectivity index (χ1n) is 5.65. The van der Waals surface area contributed by atoms with Crippen molar-refractivity contribution < 1.29 is 4.74 Å². The van der Waals surface area contributed by atoms with E-state index in [1.165, 1.54) is 0 Å². The van der Waals surface area contributed by atoms with E-state index in [1.54, 1.807) is 7.11 Å². The molecule has 5 heteroatoms. The summed E-state index contributed by atoms with van der Waals surface area (Å²) in [7, 11) is 1.62. The van der Waals surface area contributed by atoms with Crippen LogP contribution in [0.25, 0.3) is 0 Å². The fourth-order valence-corrected chi connectivity index (χ4v) is 1.86.